The number of fused-ring (bicyclic) bond motifs is 9. The number of nitrogens with two attached hydrogens (primary N) is 1. The normalized spacial score (nSPS) is 32.7. The predicted molar refractivity (Wildman–Crippen MR) is 300 cm³/mol. The molecule has 12 rings (SSSR count). The van der Waals surface area contributed by atoms with E-state index < -0.39 is 71.0 Å². The lowest BCUT2D eigenvalue weighted by atomic mass is 9.61. The van der Waals surface area contributed by atoms with Gasteiger partial charge in [0.15, 0.2) is 5.43 Å². The fourth-order valence-corrected chi connectivity index (χ4v) is 16.0. The third kappa shape index (κ3) is 8.96. The third-order valence-electron chi connectivity index (χ3n) is 20.0. The highest BCUT2D eigenvalue weighted by atomic mass is 16.6. The molecule has 4 aliphatic heterocycles. The minimum atomic E-state index is -1.60. The van der Waals surface area contributed by atoms with Gasteiger partial charge in [-0.1, -0.05) is 49.4 Å². The second-order valence-corrected chi connectivity index (χ2v) is 24.3. The maximum absolute atomic E-state index is 15.5. The van der Waals surface area contributed by atoms with Crippen molar-refractivity contribution < 1.29 is 54.4 Å². The molecule has 0 amide bonds. The molecule has 4 aliphatic carbocycles. The molecule has 1 aromatic heterocycles. The summed E-state index contributed by atoms with van der Waals surface area (Å²) < 4.78 is 21.3. The van der Waals surface area contributed by atoms with Crippen LogP contribution in [-0.4, -0.2) is 91.5 Å². The number of carbonyl (C=O) groups is 1. The minimum absolute atomic E-state index is 0.0114. The van der Waals surface area contributed by atoms with Gasteiger partial charge in [0.2, 0.25) is 0 Å². The van der Waals surface area contributed by atoms with Crippen LogP contribution in [0.5, 0.6) is 17.2 Å². The van der Waals surface area contributed by atoms with E-state index >= 15 is 4.79 Å². The Hall–Kier alpha value is -6.40. The molecule has 0 radical (unpaired) electrons. The molecule has 1 unspecified atom stereocenters. The first-order chi connectivity index (χ1) is 38.5. The van der Waals surface area contributed by atoms with Crippen molar-refractivity contribution in [3.05, 3.63) is 156 Å². The van der Waals surface area contributed by atoms with Gasteiger partial charge in [0, 0.05) is 60.7 Å². The number of hydrogen-bond donors (Lipinski definition) is 11. The van der Waals surface area contributed by atoms with Crippen LogP contribution in [0.3, 0.4) is 0 Å². The number of aryl methyl sites for hydroxylation is 1. The zero-order valence-corrected chi connectivity index (χ0v) is 45.9. The number of hydrogen-bond acceptors (Lipinski definition) is 16. The number of ether oxygens (including phenoxy) is 2. The number of nitrogens with one attached hydrogen (secondary N) is 3. The van der Waals surface area contributed by atoms with Crippen molar-refractivity contribution in [1.82, 2.24) is 16.0 Å². The Bertz CT molecular complexity index is 3380. The summed E-state index contributed by atoms with van der Waals surface area (Å²) in [4.78, 5) is 30.1. The number of phenolic OH excluding ortho intramolecular Hbond substituents is 2. The number of rotatable bonds is 10. The van der Waals surface area contributed by atoms with Crippen molar-refractivity contribution in [2.75, 3.05) is 26.3 Å². The molecule has 3 aromatic carbocycles. The van der Waals surface area contributed by atoms with Crippen molar-refractivity contribution in [3.63, 3.8) is 0 Å². The first kappa shape index (κ1) is 54.2. The van der Waals surface area contributed by atoms with E-state index in [-0.39, 0.29) is 95.1 Å². The van der Waals surface area contributed by atoms with Gasteiger partial charge in [-0.2, -0.15) is 0 Å². The van der Waals surface area contributed by atoms with Crippen molar-refractivity contribution in [1.29, 1.82) is 0 Å². The van der Waals surface area contributed by atoms with E-state index in [2.05, 4.69) is 41.2 Å². The van der Waals surface area contributed by atoms with Crippen LogP contribution in [0.2, 0.25) is 0 Å². The van der Waals surface area contributed by atoms with Gasteiger partial charge >= 0.3 is 5.97 Å². The molecule has 4 bridgehead atoms. The van der Waals surface area contributed by atoms with Crippen LogP contribution in [0.15, 0.2) is 116 Å². The number of esters is 1. The summed E-state index contributed by atoms with van der Waals surface area (Å²) in [7, 11) is 0. The van der Waals surface area contributed by atoms with Gasteiger partial charge in [0.1, 0.15) is 58.1 Å². The minimum Gasteiger partial charge on any atom is -0.508 e. The van der Waals surface area contributed by atoms with Crippen molar-refractivity contribution in [3.8, 4) is 17.2 Å². The molecular weight excluding hydrogens is 1020 g/mol. The van der Waals surface area contributed by atoms with Crippen LogP contribution in [0.25, 0.3) is 11.0 Å². The quantitative estimate of drug-likeness (QED) is 0.0574. The molecule has 12 atom stereocenters. The molecule has 12 N–H and O–H groups in total. The van der Waals surface area contributed by atoms with E-state index in [1.54, 1.807) is 25.1 Å². The lowest BCUT2D eigenvalue weighted by Crippen LogP contribution is -2.59. The van der Waals surface area contributed by atoms with E-state index in [0.717, 1.165) is 52.4 Å². The van der Waals surface area contributed by atoms with E-state index in [9.17, 15) is 40.5 Å². The molecule has 4 aromatic rings. The average Bonchev–Trinajstić information content (AvgIpc) is 4.09. The summed E-state index contributed by atoms with van der Waals surface area (Å²) >= 11 is 0. The molecule has 0 spiro atoms. The number of likely N-dealkylation sites (N-methyl/N-ethyl adjacent to an activating group) is 1. The highest BCUT2D eigenvalue weighted by Crippen LogP contribution is 2.62. The van der Waals surface area contributed by atoms with Crippen molar-refractivity contribution in [2.45, 2.75) is 151 Å². The van der Waals surface area contributed by atoms with Gasteiger partial charge in [0.05, 0.1) is 29.5 Å². The first-order valence-corrected chi connectivity index (χ1v) is 29.0. The summed E-state index contributed by atoms with van der Waals surface area (Å²) in [6.07, 6.45) is 12.5. The predicted octanol–water partition coefficient (Wildman–Crippen LogP) is 6.83. The number of dihydropyridines is 2. The van der Waals surface area contributed by atoms with Crippen LogP contribution in [0.4, 0.5) is 0 Å². The van der Waals surface area contributed by atoms with Crippen LogP contribution in [-0.2, 0) is 34.6 Å². The van der Waals surface area contributed by atoms with Crippen molar-refractivity contribution in [2.24, 2.45) is 29.4 Å². The number of benzene rings is 3. The summed E-state index contributed by atoms with van der Waals surface area (Å²) in [6.45, 7) is 5.82. The maximum atomic E-state index is 15.5. The second kappa shape index (κ2) is 20.9. The Balaban J connectivity index is 1.04. The van der Waals surface area contributed by atoms with Crippen LogP contribution in [0, 0.1) is 23.7 Å². The highest BCUT2D eigenvalue weighted by Gasteiger charge is 2.58. The van der Waals surface area contributed by atoms with Gasteiger partial charge in [-0.05, 0) is 177 Å². The Labute approximate surface area is 465 Å². The number of allylic oxidation sites excluding steroid dienone is 5. The Morgan fingerprint density at radius 2 is 1.81 bits per heavy atom. The number of aromatic hydroxyl groups is 2. The fraction of sp³-hybridized carbons (Fsp3) is 0.500. The molecule has 424 valence electrons. The molecule has 8 aliphatic rings. The summed E-state index contributed by atoms with van der Waals surface area (Å²) in [6, 6.07) is 14.3. The van der Waals surface area contributed by atoms with Crippen LogP contribution >= 0.6 is 0 Å². The van der Waals surface area contributed by atoms with Crippen LogP contribution < -0.4 is 31.8 Å². The maximum Gasteiger partial charge on any atom is 0.337 e. The number of aliphatic hydroxyl groups is 5. The number of carbonyl (C=O) groups excluding carboxylic acids is 1. The molecule has 16 heteroatoms. The summed E-state index contributed by atoms with van der Waals surface area (Å²) in [5.74, 6) is -3.28. The SMILES string of the molecule is C/C=C(\C(=O)O[C@@H]1Cc2c3c(c4oc(CO)cc(=O)c4c2O)[C@H]2C4=CCNC(N)=C4[C@@H](CCc4ccc(O)cc4[C@H]2CO)[C@H]2CCC4=CC(NCC)NC=C4C[C@@H]2[C@]1(C)O3)[C@]1(O)CC[C@H](c2cccc([C@]3(O)CC[C@H](CO)C3)c2)C1. The number of phenols is 2. The average molecular weight is 1090 g/mol. The lowest BCUT2D eigenvalue weighted by Gasteiger charge is -2.52. The largest absolute Gasteiger partial charge is 0.508 e. The van der Waals surface area contributed by atoms with Gasteiger partial charge in [-0.25, -0.2) is 4.79 Å². The Morgan fingerprint density at radius 1 is 0.975 bits per heavy atom. The van der Waals surface area contributed by atoms with Gasteiger partial charge in [0.25, 0.3) is 0 Å². The molecule has 16 nitrogen and oxygen atoms in total. The Kier molecular flexibility index (Phi) is 14.1. The second-order valence-electron chi connectivity index (χ2n) is 24.3. The highest BCUT2D eigenvalue weighted by molar-refractivity contribution is 5.93. The molecule has 3 saturated carbocycles. The monoisotopic (exact) mass is 1090 g/mol. The van der Waals surface area contributed by atoms with E-state index in [0.29, 0.717) is 74.9 Å². The fourth-order valence-electron chi connectivity index (χ4n) is 16.0. The van der Waals surface area contributed by atoms with E-state index in [1.165, 1.54) is 5.57 Å². The molecule has 3 fully saturated rings. The first-order valence-electron chi connectivity index (χ1n) is 29.0. The van der Waals surface area contributed by atoms with Gasteiger partial charge < -0.3 is 66.0 Å². The van der Waals surface area contributed by atoms with E-state index in [1.807, 2.05) is 37.3 Å². The van der Waals surface area contributed by atoms with Gasteiger partial charge in [-0.15, -0.1) is 0 Å². The summed E-state index contributed by atoms with van der Waals surface area (Å²) in [5, 5.41) is 91.4. The molecule has 0 saturated heterocycles. The number of aliphatic hydroxyl groups excluding tert-OH is 3. The lowest BCUT2D eigenvalue weighted by molar-refractivity contribution is -0.171. The molecule has 80 heavy (non-hydrogen) atoms. The van der Waals surface area contributed by atoms with Gasteiger partial charge in [-0.3, -0.25) is 10.1 Å². The standard InChI is InChI=1S/C64H76N4O12/c1-4-48(64(77)19-16-37(28-64)35-7-6-8-39(21-35)63(76)18-15-33(27-63)30-69)61(75)79-51-26-46-57(74)55-50(73)25-41(31-70)78-59(55)56-53-44-17-20-67-60(65)54(44)43(14-10-34-9-12-40(72)24-45(34)47(53)32-71)42-13-11-36-23-52(66-5-2)68-29-38(36)22-49(42)62(51,3)80-58(46)56/h4,6-9,12,17,21,23-25,29,33,37,42-43,47,49,51-53,66-72,74,76-77H,5,10-11,13-16,18-20,22,26-28,30-32,65H2,1-3H3/b48-4+/t33-,37-,42+,43-,47+,49-,51+,52?,53-,62-,63-,64-/m0/s1. The van der Waals surface area contributed by atoms with E-state index in [4.69, 9.17) is 19.6 Å². The molecular formula is C64H76N4O12. The zero-order valence-electron chi connectivity index (χ0n) is 45.9. The third-order valence-corrected chi connectivity index (χ3v) is 20.0. The zero-order chi connectivity index (χ0) is 56.0. The molecule has 5 heterocycles. The Morgan fingerprint density at radius 3 is 2.58 bits per heavy atom. The summed E-state index contributed by atoms with van der Waals surface area (Å²) in [5.41, 5.74) is 10.5. The van der Waals surface area contributed by atoms with Crippen molar-refractivity contribution >= 4 is 16.9 Å². The van der Waals surface area contributed by atoms with Crippen LogP contribution in [0.1, 0.15) is 142 Å². The smallest absolute Gasteiger partial charge is 0.337 e. The topological polar surface area (TPSA) is 269 Å².